The number of hydrogen-bond acceptors (Lipinski definition) is 9. The minimum absolute atomic E-state index is 0.0279. The number of carbonyl (C=O) groups is 1. The van der Waals surface area contributed by atoms with E-state index in [2.05, 4.69) is 20.3 Å². The Hall–Kier alpha value is -4.32. The standard InChI is InChI=1S/C23H26N8O4/c1-34-18-10-15(9-16(21(24)33)20(18)35-2)29-11-19(25-13-29)26-23-27-22(17-6-4-8-31(17)28-23)30-7-3-5-14(30)12-32/h4,6,8-11,13-14,32H,3,5,7,12H2,1-2H3,(H2,24,33)(H,26,28). The van der Waals surface area contributed by atoms with E-state index in [9.17, 15) is 9.90 Å². The smallest absolute Gasteiger partial charge is 0.252 e. The van der Waals surface area contributed by atoms with Gasteiger partial charge in [-0.05, 0) is 31.0 Å². The fraction of sp³-hybridized carbons (Fsp3) is 0.304. The minimum atomic E-state index is -0.635. The van der Waals surface area contributed by atoms with Gasteiger partial charge in [-0.3, -0.25) is 4.79 Å². The number of methoxy groups -OCH3 is 2. The molecule has 5 rings (SSSR count). The second-order valence-electron chi connectivity index (χ2n) is 8.15. The van der Waals surface area contributed by atoms with Crippen molar-refractivity contribution in [1.82, 2.24) is 24.1 Å². The summed E-state index contributed by atoms with van der Waals surface area (Å²) < 4.78 is 14.1. The van der Waals surface area contributed by atoms with E-state index in [-0.39, 0.29) is 24.0 Å². The maximum atomic E-state index is 12.0. The number of amides is 1. The number of anilines is 3. The van der Waals surface area contributed by atoms with Crippen LogP contribution in [0.4, 0.5) is 17.6 Å². The molecule has 1 aliphatic heterocycles. The van der Waals surface area contributed by atoms with Crippen molar-refractivity contribution in [3.05, 3.63) is 48.5 Å². The number of fused-ring (bicyclic) bond motifs is 1. The molecule has 4 N–H and O–H groups in total. The van der Waals surface area contributed by atoms with Crippen molar-refractivity contribution in [3.63, 3.8) is 0 Å². The molecule has 12 nitrogen and oxygen atoms in total. The van der Waals surface area contributed by atoms with Crippen LogP contribution in [0.5, 0.6) is 11.5 Å². The van der Waals surface area contributed by atoms with Crippen LogP contribution in [0.25, 0.3) is 11.2 Å². The number of aliphatic hydroxyl groups is 1. The number of nitrogens with one attached hydrogen (secondary N) is 1. The zero-order valence-electron chi connectivity index (χ0n) is 19.4. The van der Waals surface area contributed by atoms with Crippen molar-refractivity contribution in [2.24, 2.45) is 5.73 Å². The Morgan fingerprint density at radius 1 is 1.31 bits per heavy atom. The van der Waals surface area contributed by atoms with Crippen LogP contribution in [0.15, 0.2) is 43.0 Å². The first-order valence-corrected chi connectivity index (χ1v) is 11.1. The second kappa shape index (κ2) is 9.14. The molecule has 0 radical (unpaired) electrons. The Kier molecular flexibility index (Phi) is 5.87. The highest BCUT2D eigenvalue weighted by Gasteiger charge is 2.27. The van der Waals surface area contributed by atoms with Gasteiger partial charge in [-0.1, -0.05) is 0 Å². The van der Waals surface area contributed by atoms with Crippen LogP contribution in [-0.4, -0.2) is 68.6 Å². The largest absolute Gasteiger partial charge is 0.493 e. The van der Waals surface area contributed by atoms with E-state index in [4.69, 9.17) is 20.2 Å². The fourth-order valence-electron chi connectivity index (χ4n) is 4.41. The van der Waals surface area contributed by atoms with E-state index in [0.717, 1.165) is 30.7 Å². The van der Waals surface area contributed by atoms with Gasteiger partial charge in [0, 0.05) is 18.8 Å². The lowest BCUT2D eigenvalue weighted by Crippen LogP contribution is -2.33. The van der Waals surface area contributed by atoms with Gasteiger partial charge in [-0.15, -0.1) is 5.10 Å². The Balaban J connectivity index is 1.47. The molecule has 1 aromatic carbocycles. The third kappa shape index (κ3) is 4.08. The number of nitrogens with two attached hydrogens (primary N) is 1. The molecule has 1 saturated heterocycles. The Labute approximate surface area is 200 Å². The van der Waals surface area contributed by atoms with Gasteiger partial charge in [0.1, 0.15) is 11.8 Å². The van der Waals surface area contributed by atoms with Gasteiger partial charge >= 0.3 is 0 Å². The van der Waals surface area contributed by atoms with E-state index < -0.39 is 5.91 Å². The van der Waals surface area contributed by atoms with E-state index in [1.165, 1.54) is 14.2 Å². The number of benzene rings is 1. The molecule has 1 unspecified atom stereocenters. The topological polar surface area (TPSA) is 145 Å². The summed E-state index contributed by atoms with van der Waals surface area (Å²) in [6.45, 7) is 0.890. The molecule has 0 bridgehead atoms. The molecular formula is C23H26N8O4. The molecular weight excluding hydrogens is 452 g/mol. The van der Waals surface area contributed by atoms with Crippen molar-refractivity contribution in [3.8, 4) is 17.2 Å². The lowest BCUT2D eigenvalue weighted by molar-refractivity contribution is 0.0996. The average molecular weight is 479 g/mol. The molecule has 182 valence electrons. The first kappa shape index (κ1) is 22.5. The Morgan fingerprint density at radius 3 is 2.91 bits per heavy atom. The summed E-state index contributed by atoms with van der Waals surface area (Å²) in [6.07, 6.45) is 7.09. The van der Waals surface area contributed by atoms with Gasteiger partial charge in [-0.2, -0.15) is 4.98 Å². The van der Waals surface area contributed by atoms with Crippen LogP contribution in [0.2, 0.25) is 0 Å². The molecule has 4 heterocycles. The fourth-order valence-corrected chi connectivity index (χ4v) is 4.41. The van der Waals surface area contributed by atoms with Crippen LogP contribution >= 0.6 is 0 Å². The summed E-state index contributed by atoms with van der Waals surface area (Å²) in [5.74, 6) is 1.63. The van der Waals surface area contributed by atoms with Gasteiger partial charge in [0.15, 0.2) is 23.1 Å². The summed E-state index contributed by atoms with van der Waals surface area (Å²) in [4.78, 5) is 23.2. The highest BCUT2D eigenvalue weighted by molar-refractivity contribution is 5.97. The van der Waals surface area contributed by atoms with Gasteiger partial charge in [0.2, 0.25) is 5.95 Å². The third-order valence-electron chi connectivity index (χ3n) is 6.08. The molecule has 0 spiro atoms. The first-order valence-electron chi connectivity index (χ1n) is 11.1. The lowest BCUT2D eigenvalue weighted by atomic mass is 10.1. The molecule has 1 fully saturated rings. The molecule has 1 aliphatic rings. The number of carbonyl (C=O) groups excluding carboxylic acids is 1. The average Bonchev–Trinajstić information content (AvgIpc) is 3.63. The molecule has 0 aliphatic carbocycles. The molecule has 4 aromatic rings. The number of primary amides is 1. The van der Waals surface area contributed by atoms with Crippen LogP contribution in [-0.2, 0) is 0 Å². The number of aromatic nitrogens is 5. The summed E-state index contributed by atoms with van der Waals surface area (Å²) in [5.41, 5.74) is 7.21. The number of hydrogen-bond donors (Lipinski definition) is 3. The van der Waals surface area contributed by atoms with Crippen molar-refractivity contribution in [2.75, 3.05) is 37.6 Å². The van der Waals surface area contributed by atoms with Crippen LogP contribution in [0, 0.1) is 0 Å². The molecule has 12 heteroatoms. The SMILES string of the molecule is COc1cc(-n2cnc(Nc3nc(N4CCCC4CO)c4cccn4n3)c2)cc(C(N)=O)c1OC. The van der Waals surface area contributed by atoms with E-state index in [1.54, 1.807) is 33.7 Å². The highest BCUT2D eigenvalue weighted by atomic mass is 16.5. The molecule has 1 atom stereocenters. The second-order valence-corrected chi connectivity index (χ2v) is 8.15. The summed E-state index contributed by atoms with van der Waals surface area (Å²) in [7, 11) is 2.94. The Morgan fingerprint density at radius 2 is 2.17 bits per heavy atom. The lowest BCUT2D eigenvalue weighted by Gasteiger charge is -2.25. The van der Waals surface area contributed by atoms with E-state index >= 15 is 0 Å². The van der Waals surface area contributed by atoms with Crippen LogP contribution < -0.4 is 25.4 Å². The first-order chi connectivity index (χ1) is 17.0. The predicted octanol–water partition coefficient (Wildman–Crippen LogP) is 1.74. The molecule has 3 aromatic heterocycles. The summed E-state index contributed by atoms with van der Waals surface area (Å²) in [6, 6.07) is 7.22. The number of nitrogens with zero attached hydrogens (tertiary/aromatic N) is 6. The summed E-state index contributed by atoms with van der Waals surface area (Å²) >= 11 is 0. The van der Waals surface area contributed by atoms with Gasteiger partial charge in [0.25, 0.3) is 5.91 Å². The predicted molar refractivity (Wildman–Crippen MR) is 129 cm³/mol. The number of rotatable bonds is 8. The zero-order chi connectivity index (χ0) is 24.5. The van der Waals surface area contributed by atoms with Crippen LogP contribution in [0.1, 0.15) is 23.2 Å². The van der Waals surface area contributed by atoms with Crippen molar-refractivity contribution in [1.29, 1.82) is 0 Å². The normalized spacial score (nSPS) is 15.5. The number of aliphatic hydroxyl groups excluding tert-OH is 1. The minimum Gasteiger partial charge on any atom is -0.493 e. The van der Waals surface area contributed by atoms with Gasteiger partial charge < -0.3 is 35.1 Å². The van der Waals surface area contributed by atoms with Crippen molar-refractivity contribution >= 4 is 29.0 Å². The number of ether oxygens (including phenoxy) is 2. The Bertz CT molecular complexity index is 1380. The molecule has 1 amide bonds. The van der Waals surface area contributed by atoms with Gasteiger partial charge in [0.05, 0.1) is 44.3 Å². The highest BCUT2D eigenvalue weighted by Crippen LogP contribution is 2.34. The quantitative estimate of drug-likeness (QED) is 0.345. The maximum absolute atomic E-state index is 12.0. The molecule has 0 saturated carbocycles. The van der Waals surface area contributed by atoms with E-state index in [1.807, 2.05) is 18.3 Å². The van der Waals surface area contributed by atoms with Crippen molar-refractivity contribution in [2.45, 2.75) is 18.9 Å². The maximum Gasteiger partial charge on any atom is 0.252 e. The zero-order valence-corrected chi connectivity index (χ0v) is 19.4. The molecule has 35 heavy (non-hydrogen) atoms. The van der Waals surface area contributed by atoms with Gasteiger partial charge in [-0.25, -0.2) is 9.50 Å². The monoisotopic (exact) mass is 478 g/mol. The van der Waals surface area contributed by atoms with Crippen molar-refractivity contribution < 1.29 is 19.4 Å². The van der Waals surface area contributed by atoms with E-state index in [0.29, 0.717) is 23.2 Å². The van der Waals surface area contributed by atoms with Crippen LogP contribution in [0.3, 0.4) is 0 Å². The third-order valence-corrected chi connectivity index (χ3v) is 6.08. The summed E-state index contributed by atoms with van der Waals surface area (Å²) in [5, 5.41) is 17.5. The number of imidazole rings is 1.